The van der Waals surface area contributed by atoms with E-state index in [0.29, 0.717) is 17.0 Å². The Labute approximate surface area is 133 Å². The normalized spacial score (nSPS) is 10.0. The van der Waals surface area contributed by atoms with E-state index in [1.54, 1.807) is 42.6 Å². The maximum Gasteiger partial charge on any atom is 0.256 e. The lowest BCUT2D eigenvalue weighted by atomic mass is 10.1. The molecule has 0 fully saturated rings. The number of nitriles is 1. The molecule has 3 rings (SSSR count). The van der Waals surface area contributed by atoms with Gasteiger partial charge in [0.05, 0.1) is 5.52 Å². The fourth-order valence-corrected chi connectivity index (χ4v) is 2.25. The first-order chi connectivity index (χ1) is 11.3. The molecule has 1 amide bonds. The largest absolute Gasteiger partial charge is 0.479 e. The number of anilines is 1. The standard InChI is InChI=1S/C18H13N3O2/c19-10-12-23-14-8-6-13(7-9-14)21-18(22)16-3-1-5-17-15(16)4-2-11-20-17/h1-9,11H,12H2,(H,21,22). The van der Waals surface area contributed by atoms with Crippen LogP contribution < -0.4 is 10.1 Å². The van der Waals surface area contributed by atoms with Crippen LogP contribution in [0.1, 0.15) is 10.4 Å². The lowest BCUT2D eigenvalue weighted by Crippen LogP contribution is -2.12. The van der Waals surface area contributed by atoms with E-state index in [-0.39, 0.29) is 12.5 Å². The molecule has 0 spiro atoms. The Hall–Kier alpha value is -3.39. The zero-order chi connectivity index (χ0) is 16.1. The van der Waals surface area contributed by atoms with Gasteiger partial charge in [-0.1, -0.05) is 12.1 Å². The van der Waals surface area contributed by atoms with Crippen LogP contribution in [0.4, 0.5) is 5.69 Å². The molecule has 1 N–H and O–H groups in total. The summed E-state index contributed by atoms with van der Waals surface area (Å²) in [4.78, 5) is 16.7. The third-order valence-electron chi connectivity index (χ3n) is 3.31. The molecule has 0 radical (unpaired) electrons. The molecular weight excluding hydrogens is 290 g/mol. The number of benzene rings is 2. The highest BCUT2D eigenvalue weighted by Crippen LogP contribution is 2.20. The van der Waals surface area contributed by atoms with E-state index < -0.39 is 0 Å². The van der Waals surface area contributed by atoms with Gasteiger partial charge in [-0.2, -0.15) is 5.26 Å². The first kappa shape index (κ1) is 14.5. The minimum atomic E-state index is -0.200. The molecule has 2 aromatic carbocycles. The van der Waals surface area contributed by atoms with Gasteiger partial charge in [-0.05, 0) is 42.5 Å². The van der Waals surface area contributed by atoms with Crippen molar-refractivity contribution in [1.29, 1.82) is 5.26 Å². The van der Waals surface area contributed by atoms with Crippen LogP contribution >= 0.6 is 0 Å². The predicted octanol–water partition coefficient (Wildman–Crippen LogP) is 3.39. The summed E-state index contributed by atoms with van der Waals surface area (Å²) in [6.45, 7) is -0.00525. The Morgan fingerprint density at radius 3 is 2.74 bits per heavy atom. The van der Waals surface area contributed by atoms with Crippen molar-refractivity contribution in [3.63, 3.8) is 0 Å². The summed E-state index contributed by atoms with van der Waals surface area (Å²) in [5.74, 6) is 0.383. The SMILES string of the molecule is N#CCOc1ccc(NC(=O)c2cccc3ncccc23)cc1. The van der Waals surface area contributed by atoms with E-state index in [9.17, 15) is 4.79 Å². The van der Waals surface area contributed by atoms with Crippen molar-refractivity contribution in [2.45, 2.75) is 0 Å². The summed E-state index contributed by atoms with van der Waals surface area (Å²) in [6, 6.07) is 17.9. The average Bonchev–Trinajstić information content (AvgIpc) is 2.60. The van der Waals surface area contributed by atoms with Crippen LogP contribution in [-0.2, 0) is 0 Å². The fraction of sp³-hybridized carbons (Fsp3) is 0.0556. The molecule has 0 aliphatic heterocycles. The molecule has 0 aliphatic rings. The van der Waals surface area contributed by atoms with E-state index >= 15 is 0 Å². The van der Waals surface area contributed by atoms with Crippen LogP contribution in [0.2, 0.25) is 0 Å². The summed E-state index contributed by atoms with van der Waals surface area (Å²) >= 11 is 0. The number of hydrogen-bond donors (Lipinski definition) is 1. The van der Waals surface area contributed by atoms with Crippen molar-refractivity contribution >= 4 is 22.5 Å². The zero-order valence-electron chi connectivity index (χ0n) is 12.2. The molecule has 112 valence electrons. The van der Waals surface area contributed by atoms with Gasteiger partial charge < -0.3 is 10.1 Å². The maximum atomic E-state index is 12.5. The van der Waals surface area contributed by atoms with Gasteiger partial charge >= 0.3 is 0 Å². The monoisotopic (exact) mass is 303 g/mol. The minimum Gasteiger partial charge on any atom is -0.479 e. The number of rotatable bonds is 4. The van der Waals surface area contributed by atoms with E-state index in [1.807, 2.05) is 24.3 Å². The van der Waals surface area contributed by atoms with Crippen LogP contribution in [0.3, 0.4) is 0 Å². The van der Waals surface area contributed by atoms with E-state index in [0.717, 1.165) is 10.9 Å². The molecule has 5 nitrogen and oxygen atoms in total. The number of ether oxygens (including phenoxy) is 1. The second-order valence-corrected chi connectivity index (χ2v) is 4.80. The minimum absolute atomic E-state index is 0.00525. The van der Waals surface area contributed by atoms with Crippen molar-refractivity contribution in [1.82, 2.24) is 4.98 Å². The number of nitrogens with zero attached hydrogens (tertiary/aromatic N) is 2. The predicted molar refractivity (Wildman–Crippen MR) is 87.2 cm³/mol. The van der Waals surface area contributed by atoms with Gasteiger partial charge in [0.2, 0.25) is 0 Å². The number of fused-ring (bicyclic) bond motifs is 1. The topological polar surface area (TPSA) is 75.0 Å². The Bertz CT molecular complexity index is 877. The summed E-state index contributed by atoms with van der Waals surface area (Å²) < 4.78 is 5.18. The summed E-state index contributed by atoms with van der Waals surface area (Å²) in [5, 5.41) is 12.1. The quantitative estimate of drug-likeness (QED) is 0.801. The van der Waals surface area contributed by atoms with Gasteiger partial charge in [0, 0.05) is 22.8 Å². The van der Waals surface area contributed by atoms with Crippen LogP contribution in [0.25, 0.3) is 10.9 Å². The molecule has 0 saturated heterocycles. The highest BCUT2D eigenvalue weighted by molar-refractivity contribution is 6.12. The molecule has 0 bridgehead atoms. The molecule has 0 unspecified atom stereocenters. The first-order valence-electron chi connectivity index (χ1n) is 7.03. The number of hydrogen-bond acceptors (Lipinski definition) is 4. The van der Waals surface area contributed by atoms with Crippen molar-refractivity contribution in [2.24, 2.45) is 0 Å². The van der Waals surface area contributed by atoms with E-state index in [4.69, 9.17) is 10.00 Å². The molecule has 3 aromatic rings. The van der Waals surface area contributed by atoms with E-state index in [2.05, 4.69) is 10.3 Å². The average molecular weight is 303 g/mol. The van der Waals surface area contributed by atoms with Crippen molar-refractivity contribution in [3.05, 3.63) is 66.4 Å². The van der Waals surface area contributed by atoms with Crippen LogP contribution in [0.15, 0.2) is 60.8 Å². The number of carbonyl (C=O) groups excluding carboxylic acids is 1. The van der Waals surface area contributed by atoms with Crippen molar-refractivity contribution in [3.8, 4) is 11.8 Å². The Balaban J connectivity index is 1.80. The number of amides is 1. The van der Waals surface area contributed by atoms with Gasteiger partial charge in [0.1, 0.15) is 11.8 Å². The summed E-state index contributed by atoms with van der Waals surface area (Å²) in [7, 11) is 0. The molecular formula is C18H13N3O2. The molecule has 0 saturated carbocycles. The second kappa shape index (κ2) is 6.58. The van der Waals surface area contributed by atoms with E-state index in [1.165, 1.54) is 0 Å². The third kappa shape index (κ3) is 3.27. The third-order valence-corrected chi connectivity index (χ3v) is 3.31. The van der Waals surface area contributed by atoms with Crippen LogP contribution in [0, 0.1) is 11.3 Å². The number of carbonyl (C=O) groups is 1. The van der Waals surface area contributed by atoms with Gasteiger partial charge in [0.15, 0.2) is 6.61 Å². The Kier molecular flexibility index (Phi) is 4.16. The van der Waals surface area contributed by atoms with Gasteiger partial charge in [-0.25, -0.2) is 0 Å². The molecule has 5 heteroatoms. The number of aromatic nitrogens is 1. The summed E-state index contributed by atoms with van der Waals surface area (Å²) in [6.07, 6.45) is 1.70. The smallest absolute Gasteiger partial charge is 0.256 e. The molecule has 23 heavy (non-hydrogen) atoms. The lowest BCUT2D eigenvalue weighted by molar-refractivity contribution is 0.102. The Morgan fingerprint density at radius 1 is 1.13 bits per heavy atom. The number of nitrogens with one attached hydrogen (secondary N) is 1. The van der Waals surface area contributed by atoms with Crippen molar-refractivity contribution in [2.75, 3.05) is 11.9 Å². The highest BCUT2D eigenvalue weighted by atomic mass is 16.5. The Morgan fingerprint density at radius 2 is 1.96 bits per heavy atom. The van der Waals surface area contributed by atoms with Crippen molar-refractivity contribution < 1.29 is 9.53 Å². The number of pyridine rings is 1. The van der Waals surface area contributed by atoms with Crippen LogP contribution in [-0.4, -0.2) is 17.5 Å². The molecule has 1 heterocycles. The molecule has 0 atom stereocenters. The maximum absolute atomic E-state index is 12.5. The molecule has 1 aromatic heterocycles. The second-order valence-electron chi connectivity index (χ2n) is 4.80. The van der Waals surface area contributed by atoms with Gasteiger partial charge in [-0.3, -0.25) is 9.78 Å². The summed E-state index contributed by atoms with van der Waals surface area (Å²) in [5.41, 5.74) is 2.00. The first-order valence-corrected chi connectivity index (χ1v) is 7.03. The van der Waals surface area contributed by atoms with Gasteiger partial charge in [0.25, 0.3) is 5.91 Å². The lowest BCUT2D eigenvalue weighted by Gasteiger charge is -2.08. The fourth-order valence-electron chi connectivity index (χ4n) is 2.25. The molecule has 0 aliphatic carbocycles. The van der Waals surface area contributed by atoms with Crippen LogP contribution in [0.5, 0.6) is 5.75 Å². The van der Waals surface area contributed by atoms with Gasteiger partial charge in [-0.15, -0.1) is 0 Å². The highest BCUT2D eigenvalue weighted by Gasteiger charge is 2.10. The zero-order valence-corrected chi connectivity index (χ0v) is 12.2.